The average molecular weight is 328 g/mol. The molecule has 0 atom stereocenters. The van der Waals surface area contributed by atoms with Crippen LogP contribution in [0.25, 0.3) is 0 Å². The quantitative estimate of drug-likeness (QED) is 0.887. The van der Waals surface area contributed by atoms with Gasteiger partial charge in [0.1, 0.15) is 5.82 Å². The van der Waals surface area contributed by atoms with Crippen LogP contribution >= 0.6 is 11.6 Å². The van der Waals surface area contributed by atoms with Crippen molar-refractivity contribution in [2.75, 3.05) is 6.54 Å². The van der Waals surface area contributed by atoms with Crippen molar-refractivity contribution in [3.05, 3.63) is 46.9 Å². The van der Waals surface area contributed by atoms with Crippen molar-refractivity contribution in [3.63, 3.8) is 0 Å². The van der Waals surface area contributed by atoms with E-state index in [1.54, 1.807) is 13.0 Å². The number of rotatable bonds is 6. The lowest BCUT2D eigenvalue weighted by Crippen LogP contribution is -2.30. The van der Waals surface area contributed by atoms with Crippen LogP contribution in [0.2, 0.25) is 5.02 Å². The largest absolute Gasteiger partial charge is 0.332 e. The summed E-state index contributed by atoms with van der Waals surface area (Å²) in [6, 6.07) is 7.24. The second kappa shape index (κ2) is 6.60. The molecule has 21 heavy (non-hydrogen) atoms. The molecule has 2 aromatic rings. The van der Waals surface area contributed by atoms with Crippen LogP contribution in [0.15, 0.2) is 35.5 Å². The molecular formula is C14H18ClN3O2S. The van der Waals surface area contributed by atoms with Gasteiger partial charge in [-0.2, -0.15) is 4.31 Å². The van der Waals surface area contributed by atoms with Gasteiger partial charge in [-0.1, -0.05) is 43.6 Å². The lowest BCUT2D eigenvalue weighted by molar-refractivity contribution is 0.421. The number of nitrogens with one attached hydrogen (secondary N) is 1. The minimum absolute atomic E-state index is 0.119. The average Bonchev–Trinajstić information content (AvgIpc) is 2.96. The molecule has 5 nitrogen and oxygen atoms in total. The Balaban J connectivity index is 2.30. The molecule has 0 saturated carbocycles. The molecule has 0 bridgehead atoms. The van der Waals surface area contributed by atoms with E-state index in [4.69, 9.17) is 11.6 Å². The number of aromatic amines is 1. The first-order chi connectivity index (χ1) is 9.98. The molecule has 0 spiro atoms. The van der Waals surface area contributed by atoms with Crippen molar-refractivity contribution >= 4 is 21.6 Å². The Morgan fingerprint density at radius 2 is 2.00 bits per heavy atom. The zero-order chi connectivity index (χ0) is 15.5. The van der Waals surface area contributed by atoms with Crippen LogP contribution in [0, 0.1) is 0 Å². The standard InChI is InChI=1S/C14H18ClN3O2S/c1-3-13-16-9-14(17-13)21(19,20)18(4-2)10-11-7-5-6-8-12(11)15/h5-9H,3-4,10H2,1-2H3,(H,16,17). The summed E-state index contributed by atoms with van der Waals surface area (Å²) in [5.41, 5.74) is 0.778. The maximum atomic E-state index is 12.6. The number of H-pyrrole nitrogens is 1. The number of aryl methyl sites for hydroxylation is 1. The van der Waals surface area contributed by atoms with E-state index in [1.165, 1.54) is 10.5 Å². The summed E-state index contributed by atoms with van der Waals surface area (Å²) in [5, 5.41) is 0.679. The molecule has 2 rings (SSSR count). The monoisotopic (exact) mass is 327 g/mol. The smallest absolute Gasteiger partial charge is 0.260 e. The molecule has 1 aromatic heterocycles. The Labute approximate surface area is 130 Å². The van der Waals surface area contributed by atoms with Gasteiger partial charge in [-0.05, 0) is 11.6 Å². The highest BCUT2D eigenvalue weighted by atomic mass is 35.5. The third-order valence-electron chi connectivity index (χ3n) is 3.22. The van der Waals surface area contributed by atoms with Gasteiger partial charge in [0, 0.05) is 24.5 Å². The highest BCUT2D eigenvalue weighted by Gasteiger charge is 2.25. The summed E-state index contributed by atoms with van der Waals surface area (Å²) in [7, 11) is -3.60. The Kier molecular flexibility index (Phi) is 5.03. The van der Waals surface area contributed by atoms with Crippen molar-refractivity contribution < 1.29 is 8.42 Å². The number of hydrogen-bond acceptors (Lipinski definition) is 3. The fraction of sp³-hybridized carbons (Fsp3) is 0.357. The number of hydrogen-bond donors (Lipinski definition) is 1. The predicted molar refractivity (Wildman–Crippen MR) is 82.7 cm³/mol. The summed E-state index contributed by atoms with van der Waals surface area (Å²) in [4.78, 5) is 6.90. The first kappa shape index (κ1) is 16.0. The van der Waals surface area contributed by atoms with Crippen LogP contribution < -0.4 is 0 Å². The molecule has 0 amide bonds. The molecule has 7 heteroatoms. The molecule has 1 N–H and O–H groups in total. The first-order valence-electron chi connectivity index (χ1n) is 6.76. The molecule has 0 saturated heterocycles. The minimum Gasteiger partial charge on any atom is -0.332 e. The molecule has 0 fully saturated rings. The molecule has 0 aliphatic carbocycles. The first-order valence-corrected chi connectivity index (χ1v) is 8.58. The maximum absolute atomic E-state index is 12.6. The summed E-state index contributed by atoms with van der Waals surface area (Å²) < 4.78 is 26.6. The van der Waals surface area contributed by atoms with Gasteiger partial charge >= 0.3 is 0 Å². The normalized spacial score (nSPS) is 12.0. The van der Waals surface area contributed by atoms with Crippen molar-refractivity contribution in [2.45, 2.75) is 31.8 Å². The number of sulfonamides is 1. The van der Waals surface area contributed by atoms with Crippen LogP contribution in [0.1, 0.15) is 25.2 Å². The zero-order valence-corrected chi connectivity index (χ0v) is 13.6. The van der Waals surface area contributed by atoms with E-state index in [9.17, 15) is 8.42 Å². The maximum Gasteiger partial charge on any atom is 0.260 e. The summed E-state index contributed by atoms with van der Waals surface area (Å²) >= 11 is 6.11. The van der Waals surface area contributed by atoms with Crippen LogP contribution in [0.4, 0.5) is 0 Å². The fourth-order valence-electron chi connectivity index (χ4n) is 1.98. The number of imidazole rings is 1. The van der Waals surface area contributed by atoms with Crippen LogP contribution in [-0.2, 0) is 23.0 Å². The van der Waals surface area contributed by atoms with E-state index in [0.29, 0.717) is 23.8 Å². The third-order valence-corrected chi connectivity index (χ3v) is 5.41. The van der Waals surface area contributed by atoms with Crippen LogP contribution in [-0.4, -0.2) is 29.2 Å². The zero-order valence-electron chi connectivity index (χ0n) is 12.0. The second-order valence-electron chi connectivity index (χ2n) is 4.57. The predicted octanol–water partition coefficient (Wildman–Crippen LogP) is 2.84. The Morgan fingerprint density at radius 3 is 2.57 bits per heavy atom. The minimum atomic E-state index is -3.60. The summed E-state index contributed by atoms with van der Waals surface area (Å²) in [5.74, 6) is 0.655. The van der Waals surface area contributed by atoms with Gasteiger partial charge in [-0.3, -0.25) is 0 Å². The number of aromatic nitrogens is 2. The topological polar surface area (TPSA) is 66.1 Å². The van der Waals surface area contributed by atoms with Gasteiger partial charge in [0.05, 0.1) is 6.20 Å². The molecule has 1 heterocycles. The molecule has 0 aliphatic rings. The van der Waals surface area contributed by atoms with E-state index in [1.807, 2.05) is 25.1 Å². The van der Waals surface area contributed by atoms with Crippen LogP contribution in [0.3, 0.4) is 0 Å². The van der Waals surface area contributed by atoms with Gasteiger partial charge in [0.2, 0.25) is 0 Å². The number of halogens is 1. The molecule has 0 aliphatic heterocycles. The highest BCUT2D eigenvalue weighted by molar-refractivity contribution is 7.89. The van der Waals surface area contributed by atoms with Crippen molar-refractivity contribution in [1.82, 2.24) is 14.3 Å². The molecule has 114 valence electrons. The molecular weight excluding hydrogens is 310 g/mol. The number of benzene rings is 1. The van der Waals surface area contributed by atoms with E-state index in [2.05, 4.69) is 9.97 Å². The third kappa shape index (κ3) is 3.45. The van der Waals surface area contributed by atoms with E-state index in [-0.39, 0.29) is 11.6 Å². The van der Waals surface area contributed by atoms with Crippen LogP contribution in [0.5, 0.6) is 0 Å². The molecule has 0 unspecified atom stereocenters. The van der Waals surface area contributed by atoms with Crippen molar-refractivity contribution in [1.29, 1.82) is 0 Å². The van der Waals surface area contributed by atoms with Gasteiger partial charge in [-0.15, -0.1) is 0 Å². The summed E-state index contributed by atoms with van der Waals surface area (Å²) in [6.07, 6.45) is 2.02. The van der Waals surface area contributed by atoms with Gasteiger partial charge in [0.15, 0.2) is 5.03 Å². The number of nitrogens with zero attached hydrogens (tertiary/aromatic N) is 2. The Morgan fingerprint density at radius 1 is 1.29 bits per heavy atom. The summed E-state index contributed by atoms with van der Waals surface area (Å²) in [6.45, 7) is 4.30. The van der Waals surface area contributed by atoms with Crippen molar-refractivity contribution in [3.8, 4) is 0 Å². The molecule has 1 aromatic carbocycles. The van der Waals surface area contributed by atoms with Crippen molar-refractivity contribution in [2.24, 2.45) is 0 Å². The SMILES string of the molecule is CCc1ncc(S(=O)(=O)N(CC)Cc2ccccc2Cl)[nH]1. The van der Waals surface area contributed by atoms with Gasteiger partial charge < -0.3 is 4.98 Å². The van der Waals surface area contributed by atoms with Gasteiger partial charge in [0.25, 0.3) is 10.0 Å². The van der Waals surface area contributed by atoms with E-state index in [0.717, 1.165) is 5.56 Å². The highest BCUT2D eigenvalue weighted by Crippen LogP contribution is 2.21. The lowest BCUT2D eigenvalue weighted by Gasteiger charge is -2.20. The fourth-order valence-corrected chi connectivity index (χ4v) is 3.53. The molecule has 0 radical (unpaired) electrons. The van der Waals surface area contributed by atoms with E-state index < -0.39 is 10.0 Å². The lowest BCUT2D eigenvalue weighted by atomic mass is 10.2. The Hall–Kier alpha value is -1.37. The Bertz CT molecular complexity index is 713. The second-order valence-corrected chi connectivity index (χ2v) is 6.88. The van der Waals surface area contributed by atoms with Gasteiger partial charge in [-0.25, -0.2) is 13.4 Å². The van der Waals surface area contributed by atoms with E-state index >= 15 is 0 Å².